The van der Waals surface area contributed by atoms with Gasteiger partial charge in [-0.2, -0.15) is 0 Å². The lowest BCUT2D eigenvalue weighted by Crippen LogP contribution is -2.40. The first kappa shape index (κ1) is 21.2. The number of ether oxygens (including phenoxy) is 1. The summed E-state index contributed by atoms with van der Waals surface area (Å²) >= 11 is 0. The van der Waals surface area contributed by atoms with E-state index in [9.17, 15) is 14.7 Å². The quantitative estimate of drug-likeness (QED) is 0.427. The van der Waals surface area contributed by atoms with Crippen molar-refractivity contribution >= 4 is 17.4 Å². The first-order valence-corrected chi connectivity index (χ1v) is 10.9. The number of nitrogens with zero attached hydrogens (tertiary/aromatic N) is 1. The molecule has 6 heteroatoms. The molecule has 1 unspecified atom stereocenters. The number of carbonyl (C=O) groups is 2. The van der Waals surface area contributed by atoms with E-state index in [0.717, 1.165) is 43.2 Å². The third kappa shape index (κ3) is 3.64. The Morgan fingerprint density at radius 1 is 1.10 bits per heavy atom. The maximum atomic E-state index is 13.2. The zero-order valence-corrected chi connectivity index (χ0v) is 18.5. The molecule has 1 aliphatic carbocycles. The zero-order chi connectivity index (χ0) is 22.3. The molecule has 4 rings (SSSR count). The van der Waals surface area contributed by atoms with Crippen molar-refractivity contribution in [2.24, 2.45) is 0 Å². The Hall–Kier alpha value is -3.02. The molecule has 1 aromatic carbocycles. The maximum Gasteiger partial charge on any atom is 0.296 e. The number of furan rings is 1. The van der Waals surface area contributed by atoms with Crippen LogP contribution in [0.2, 0.25) is 0 Å². The fourth-order valence-corrected chi connectivity index (χ4v) is 5.01. The molecule has 1 aromatic heterocycles. The molecule has 0 radical (unpaired) electrons. The highest BCUT2D eigenvalue weighted by Crippen LogP contribution is 2.44. The summed E-state index contributed by atoms with van der Waals surface area (Å²) in [4.78, 5) is 28.1. The normalized spacial score (nSPS) is 21.7. The Labute approximate surface area is 182 Å². The standard InChI is InChI=1S/C25H29NO5/c1-14-12-15(2)24(30-4)18(13-14)22(27)20-21(19-11-10-16(3)31-19)26(25(29)23(20)28)17-8-6-5-7-9-17/h10-13,17,21,27H,5-9H2,1-4H3/b22-20+. The van der Waals surface area contributed by atoms with Crippen molar-refractivity contribution in [3.63, 3.8) is 0 Å². The molecule has 1 saturated heterocycles. The Kier molecular flexibility index (Phi) is 5.65. The van der Waals surface area contributed by atoms with E-state index in [2.05, 4.69) is 0 Å². The van der Waals surface area contributed by atoms with Crippen LogP contribution in [0.5, 0.6) is 5.75 Å². The van der Waals surface area contributed by atoms with Gasteiger partial charge in [0.1, 0.15) is 29.1 Å². The van der Waals surface area contributed by atoms with Crippen LogP contribution in [0, 0.1) is 20.8 Å². The molecule has 2 fully saturated rings. The Morgan fingerprint density at radius 2 is 1.81 bits per heavy atom. The summed E-state index contributed by atoms with van der Waals surface area (Å²) in [6, 6.07) is 6.53. The molecular formula is C25H29NO5. The molecule has 1 atom stereocenters. The van der Waals surface area contributed by atoms with Crippen molar-refractivity contribution in [2.45, 2.75) is 65.0 Å². The van der Waals surface area contributed by atoms with Gasteiger partial charge in [-0.1, -0.05) is 25.3 Å². The number of hydrogen-bond acceptors (Lipinski definition) is 5. The molecule has 1 N–H and O–H groups in total. The number of aryl methyl sites for hydroxylation is 3. The minimum absolute atomic E-state index is 0.0490. The first-order chi connectivity index (χ1) is 14.8. The fraction of sp³-hybridized carbons (Fsp3) is 0.440. The monoisotopic (exact) mass is 423 g/mol. The topological polar surface area (TPSA) is 80.0 Å². The first-order valence-electron chi connectivity index (χ1n) is 10.9. The molecule has 1 saturated carbocycles. The van der Waals surface area contributed by atoms with E-state index >= 15 is 0 Å². The SMILES string of the molecule is COc1c(C)cc(C)cc1/C(O)=C1\C(=O)C(=O)N(C2CCCCC2)C1c1ccc(C)o1. The highest BCUT2D eigenvalue weighted by atomic mass is 16.5. The van der Waals surface area contributed by atoms with E-state index in [-0.39, 0.29) is 17.4 Å². The number of likely N-dealkylation sites (tertiary alicyclic amines) is 1. The van der Waals surface area contributed by atoms with E-state index in [1.54, 1.807) is 17.0 Å². The van der Waals surface area contributed by atoms with Gasteiger partial charge in [-0.25, -0.2) is 0 Å². The van der Waals surface area contributed by atoms with Crippen LogP contribution < -0.4 is 4.74 Å². The van der Waals surface area contributed by atoms with Crippen LogP contribution in [0.4, 0.5) is 0 Å². The van der Waals surface area contributed by atoms with E-state index in [0.29, 0.717) is 22.8 Å². The number of amides is 1. The van der Waals surface area contributed by atoms with E-state index < -0.39 is 17.7 Å². The van der Waals surface area contributed by atoms with Gasteiger partial charge in [-0.15, -0.1) is 0 Å². The lowest BCUT2D eigenvalue weighted by atomic mass is 9.92. The van der Waals surface area contributed by atoms with Crippen LogP contribution in [0.25, 0.3) is 5.76 Å². The predicted octanol–water partition coefficient (Wildman–Crippen LogP) is 4.97. The van der Waals surface area contributed by atoms with Crippen LogP contribution in [0.15, 0.2) is 34.3 Å². The lowest BCUT2D eigenvalue weighted by molar-refractivity contribution is -0.142. The number of methoxy groups -OCH3 is 1. The van der Waals surface area contributed by atoms with Crippen LogP contribution in [0.3, 0.4) is 0 Å². The molecule has 6 nitrogen and oxygen atoms in total. The van der Waals surface area contributed by atoms with Gasteiger partial charge in [0.15, 0.2) is 0 Å². The molecular weight excluding hydrogens is 394 g/mol. The van der Waals surface area contributed by atoms with Gasteiger partial charge in [0.2, 0.25) is 0 Å². The zero-order valence-electron chi connectivity index (χ0n) is 18.5. The van der Waals surface area contributed by atoms with E-state index in [1.165, 1.54) is 7.11 Å². The summed E-state index contributed by atoms with van der Waals surface area (Å²) in [6.45, 7) is 5.62. The van der Waals surface area contributed by atoms with Gasteiger partial charge in [-0.3, -0.25) is 9.59 Å². The van der Waals surface area contributed by atoms with Crippen molar-refractivity contribution in [3.8, 4) is 5.75 Å². The second kappa shape index (κ2) is 8.25. The fourth-order valence-electron chi connectivity index (χ4n) is 5.01. The molecule has 2 aliphatic rings. The minimum Gasteiger partial charge on any atom is -0.507 e. The lowest BCUT2D eigenvalue weighted by Gasteiger charge is -2.34. The van der Waals surface area contributed by atoms with Crippen LogP contribution in [-0.4, -0.2) is 34.8 Å². The van der Waals surface area contributed by atoms with Crippen LogP contribution >= 0.6 is 0 Å². The smallest absolute Gasteiger partial charge is 0.296 e. The van der Waals surface area contributed by atoms with Crippen molar-refractivity contribution < 1.29 is 23.8 Å². The average Bonchev–Trinajstić information content (AvgIpc) is 3.28. The second-order valence-electron chi connectivity index (χ2n) is 8.61. The number of hydrogen-bond donors (Lipinski definition) is 1. The molecule has 0 bridgehead atoms. The van der Waals surface area contributed by atoms with Gasteiger partial charge in [-0.05, 0) is 62.9 Å². The number of ketones is 1. The summed E-state index contributed by atoms with van der Waals surface area (Å²) in [5.41, 5.74) is 2.24. The Balaban J connectivity index is 1.93. The summed E-state index contributed by atoms with van der Waals surface area (Å²) < 4.78 is 11.4. The number of benzene rings is 1. The molecule has 31 heavy (non-hydrogen) atoms. The maximum absolute atomic E-state index is 13.2. The summed E-state index contributed by atoms with van der Waals surface area (Å²) in [6.07, 6.45) is 4.85. The second-order valence-corrected chi connectivity index (χ2v) is 8.61. The molecule has 1 amide bonds. The van der Waals surface area contributed by atoms with Crippen LogP contribution in [-0.2, 0) is 9.59 Å². The van der Waals surface area contributed by atoms with E-state index in [4.69, 9.17) is 9.15 Å². The highest BCUT2D eigenvalue weighted by molar-refractivity contribution is 6.46. The Morgan fingerprint density at radius 3 is 2.42 bits per heavy atom. The number of Topliss-reactive ketones (excluding diaryl/α,β-unsaturated/α-hetero) is 1. The number of aliphatic hydroxyl groups is 1. The summed E-state index contributed by atoms with van der Waals surface area (Å²) in [5.74, 6) is 0.195. The van der Waals surface area contributed by atoms with Gasteiger partial charge in [0.25, 0.3) is 11.7 Å². The van der Waals surface area contributed by atoms with E-state index in [1.807, 2.05) is 32.9 Å². The molecule has 164 valence electrons. The largest absolute Gasteiger partial charge is 0.507 e. The molecule has 0 spiro atoms. The minimum atomic E-state index is -0.748. The summed E-state index contributed by atoms with van der Waals surface area (Å²) in [7, 11) is 1.53. The van der Waals surface area contributed by atoms with Gasteiger partial charge < -0.3 is 19.2 Å². The Bertz CT molecular complexity index is 1060. The van der Waals surface area contributed by atoms with Gasteiger partial charge in [0, 0.05) is 6.04 Å². The van der Waals surface area contributed by atoms with Crippen molar-refractivity contribution in [3.05, 3.63) is 58.0 Å². The average molecular weight is 424 g/mol. The predicted molar refractivity (Wildman–Crippen MR) is 117 cm³/mol. The van der Waals surface area contributed by atoms with Crippen LogP contribution in [0.1, 0.15) is 66.4 Å². The number of rotatable bonds is 4. The van der Waals surface area contributed by atoms with Crippen molar-refractivity contribution in [1.29, 1.82) is 0 Å². The third-order valence-corrected chi connectivity index (χ3v) is 6.36. The number of aliphatic hydroxyl groups excluding tert-OH is 1. The van der Waals surface area contributed by atoms with Crippen molar-refractivity contribution in [1.82, 2.24) is 4.90 Å². The third-order valence-electron chi connectivity index (χ3n) is 6.36. The highest BCUT2D eigenvalue weighted by Gasteiger charge is 2.50. The van der Waals surface area contributed by atoms with Crippen molar-refractivity contribution in [2.75, 3.05) is 7.11 Å². The van der Waals surface area contributed by atoms with Gasteiger partial charge >= 0.3 is 0 Å². The summed E-state index contributed by atoms with van der Waals surface area (Å²) in [5, 5.41) is 11.4. The molecule has 2 aromatic rings. The van der Waals surface area contributed by atoms with Gasteiger partial charge in [0.05, 0.1) is 18.2 Å². The molecule has 2 heterocycles. The molecule has 1 aliphatic heterocycles. The number of carbonyl (C=O) groups excluding carboxylic acids is 2.